The summed E-state index contributed by atoms with van der Waals surface area (Å²) in [7, 11) is 0. The molecule has 6 heteroatoms. The number of phenols is 3. The molecule has 28 heavy (non-hydrogen) atoms. The number of hydrogen-bond donors (Lipinski definition) is 3. The van der Waals surface area contributed by atoms with E-state index in [0.717, 1.165) is 5.56 Å². The zero-order chi connectivity index (χ0) is 19.7. The Morgan fingerprint density at radius 2 is 1.71 bits per heavy atom. The van der Waals surface area contributed by atoms with E-state index in [4.69, 9.17) is 9.47 Å². The molecule has 0 spiro atoms. The Morgan fingerprint density at radius 3 is 2.46 bits per heavy atom. The lowest BCUT2D eigenvalue weighted by molar-refractivity contribution is 0.101. The van der Waals surface area contributed by atoms with E-state index in [0.29, 0.717) is 17.9 Å². The molecule has 1 heterocycles. The zero-order valence-corrected chi connectivity index (χ0v) is 14.6. The first kappa shape index (κ1) is 17.5. The Morgan fingerprint density at radius 1 is 0.929 bits per heavy atom. The Kier molecular flexibility index (Phi) is 4.37. The second-order valence-corrected chi connectivity index (χ2v) is 6.24. The van der Waals surface area contributed by atoms with Gasteiger partial charge >= 0.3 is 0 Å². The third-order valence-electron chi connectivity index (χ3n) is 4.33. The van der Waals surface area contributed by atoms with Crippen LogP contribution in [0.4, 0.5) is 0 Å². The van der Waals surface area contributed by atoms with Crippen molar-refractivity contribution in [1.82, 2.24) is 0 Å². The predicted molar refractivity (Wildman–Crippen MR) is 102 cm³/mol. The Bertz CT molecular complexity index is 1090. The number of fused-ring (bicyclic) bond motifs is 1. The zero-order valence-electron chi connectivity index (χ0n) is 14.6. The molecule has 3 N–H and O–H groups in total. The molecule has 0 fully saturated rings. The molecule has 1 aliphatic rings. The maximum atomic E-state index is 12.4. The number of ketones is 1. The number of hydrogen-bond acceptors (Lipinski definition) is 6. The molecule has 0 saturated carbocycles. The molecule has 0 amide bonds. The van der Waals surface area contributed by atoms with Crippen molar-refractivity contribution in [3.63, 3.8) is 0 Å². The predicted octanol–water partition coefficient (Wildman–Crippen LogP) is 4.00. The summed E-state index contributed by atoms with van der Waals surface area (Å²) in [6, 6.07) is 16.9. The van der Waals surface area contributed by atoms with E-state index < -0.39 is 11.5 Å². The number of aromatic hydroxyl groups is 3. The van der Waals surface area contributed by atoms with Crippen molar-refractivity contribution in [1.29, 1.82) is 0 Å². The summed E-state index contributed by atoms with van der Waals surface area (Å²) >= 11 is 0. The number of carbonyl (C=O) groups excluding carboxylic acids is 1. The van der Waals surface area contributed by atoms with Crippen molar-refractivity contribution in [3.8, 4) is 28.7 Å². The monoisotopic (exact) mass is 376 g/mol. The van der Waals surface area contributed by atoms with Crippen LogP contribution in [0.15, 0.2) is 66.4 Å². The van der Waals surface area contributed by atoms with Crippen molar-refractivity contribution >= 4 is 11.9 Å². The van der Waals surface area contributed by atoms with Gasteiger partial charge in [0, 0.05) is 11.6 Å². The minimum absolute atomic E-state index is 0.0656. The van der Waals surface area contributed by atoms with Gasteiger partial charge in [-0.15, -0.1) is 0 Å². The minimum Gasteiger partial charge on any atom is -0.507 e. The highest BCUT2D eigenvalue weighted by Crippen LogP contribution is 2.44. The van der Waals surface area contributed by atoms with Crippen molar-refractivity contribution in [2.75, 3.05) is 0 Å². The van der Waals surface area contributed by atoms with E-state index in [-0.39, 0.29) is 28.6 Å². The number of phenolic OH excluding ortho intramolecular Hbond substituents is 3. The van der Waals surface area contributed by atoms with Crippen LogP contribution in [-0.2, 0) is 6.61 Å². The van der Waals surface area contributed by atoms with Gasteiger partial charge in [-0.05, 0) is 35.9 Å². The number of ether oxygens (including phenoxy) is 2. The summed E-state index contributed by atoms with van der Waals surface area (Å²) in [6.07, 6.45) is 1.37. The molecule has 0 aliphatic carbocycles. The first-order valence-corrected chi connectivity index (χ1v) is 8.52. The quantitative estimate of drug-likeness (QED) is 0.470. The molecule has 6 nitrogen and oxygen atoms in total. The topological polar surface area (TPSA) is 96.2 Å². The molecule has 1 aliphatic heterocycles. The van der Waals surface area contributed by atoms with Gasteiger partial charge in [0.1, 0.15) is 18.1 Å². The Balaban J connectivity index is 1.54. The van der Waals surface area contributed by atoms with Crippen LogP contribution >= 0.6 is 0 Å². The Labute approximate surface area is 160 Å². The number of Topliss-reactive ketones (excluding diaryl/α,β-unsaturated/α-hetero) is 1. The molecule has 0 aromatic heterocycles. The first-order chi connectivity index (χ1) is 13.5. The lowest BCUT2D eigenvalue weighted by Gasteiger charge is -2.08. The summed E-state index contributed by atoms with van der Waals surface area (Å²) < 4.78 is 11.0. The maximum Gasteiger partial charge on any atom is 0.232 e. The fourth-order valence-corrected chi connectivity index (χ4v) is 2.84. The summed E-state index contributed by atoms with van der Waals surface area (Å²) in [5.41, 5.74) is 1.50. The third kappa shape index (κ3) is 3.23. The number of allylic oxidation sites excluding steroid dienone is 1. The van der Waals surface area contributed by atoms with Crippen LogP contribution in [0.25, 0.3) is 6.08 Å². The van der Waals surface area contributed by atoms with E-state index in [1.165, 1.54) is 24.3 Å². The fraction of sp³-hybridized carbons (Fsp3) is 0.0455. The Hall–Kier alpha value is -3.93. The second kappa shape index (κ2) is 7.00. The van der Waals surface area contributed by atoms with Gasteiger partial charge in [0.05, 0.1) is 5.56 Å². The van der Waals surface area contributed by atoms with Crippen LogP contribution < -0.4 is 9.47 Å². The average Bonchev–Trinajstić information content (AvgIpc) is 3.02. The average molecular weight is 376 g/mol. The molecule has 0 unspecified atom stereocenters. The van der Waals surface area contributed by atoms with Crippen molar-refractivity contribution in [3.05, 3.63) is 83.1 Å². The molecule has 0 bridgehead atoms. The van der Waals surface area contributed by atoms with E-state index in [9.17, 15) is 20.1 Å². The summed E-state index contributed by atoms with van der Waals surface area (Å²) in [5, 5.41) is 29.7. The fourth-order valence-electron chi connectivity index (χ4n) is 2.84. The second-order valence-electron chi connectivity index (χ2n) is 6.24. The molecule has 3 aromatic rings. The van der Waals surface area contributed by atoms with Gasteiger partial charge in [-0.25, -0.2) is 0 Å². The van der Waals surface area contributed by atoms with E-state index in [2.05, 4.69) is 0 Å². The molecular weight excluding hydrogens is 360 g/mol. The molecule has 140 valence electrons. The summed E-state index contributed by atoms with van der Waals surface area (Å²) in [5.74, 6) is -1.10. The molecular formula is C22H16O6. The third-order valence-corrected chi connectivity index (χ3v) is 4.33. The number of carbonyl (C=O) groups is 1. The van der Waals surface area contributed by atoms with E-state index in [1.54, 1.807) is 12.1 Å². The summed E-state index contributed by atoms with van der Waals surface area (Å²) in [6.45, 7) is 0.362. The number of rotatable bonds is 4. The minimum atomic E-state index is -0.497. The number of benzene rings is 3. The van der Waals surface area contributed by atoms with Crippen LogP contribution in [-0.4, -0.2) is 21.1 Å². The van der Waals surface area contributed by atoms with Crippen LogP contribution in [0.1, 0.15) is 21.5 Å². The van der Waals surface area contributed by atoms with Gasteiger partial charge in [0.15, 0.2) is 17.3 Å². The highest BCUT2D eigenvalue weighted by molar-refractivity contribution is 6.15. The standard InChI is InChI=1S/C22H16O6/c23-17-9-8-16-20(25)19(28-22(16)21(17)26)10-14-6-7-15(11-18(14)24)27-12-13-4-2-1-3-5-13/h1-11,23-24,26H,12H2/b19-10-. The SMILES string of the molecule is O=C1/C(=C/c2ccc(OCc3ccccc3)cc2O)Oc2c1ccc(O)c2O. The van der Waals surface area contributed by atoms with Crippen molar-refractivity contribution in [2.45, 2.75) is 6.61 Å². The van der Waals surface area contributed by atoms with Crippen molar-refractivity contribution < 1.29 is 29.6 Å². The van der Waals surface area contributed by atoms with Crippen molar-refractivity contribution in [2.24, 2.45) is 0 Å². The first-order valence-electron chi connectivity index (χ1n) is 8.52. The molecule has 3 aromatic carbocycles. The highest BCUT2D eigenvalue weighted by atomic mass is 16.5. The lowest BCUT2D eigenvalue weighted by atomic mass is 10.1. The van der Waals surface area contributed by atoms with Crippen LogP contribution in [0, 0.1) is 0 Å². The lowest BCUT2D eigenvalue weighted by Crippen LogP contribution is -1.98. The van der Waals surface area contributed by atoms with Gasteiger partial charge < -0.3 is 24.8 Å². The molecule has 0 atom stereocenters. The van der Waals surface area contributed by atoms with Gasteiger partial charge in [0.25, 0.3) is 0 Å². The molecule has 0 saturated heterocycles. The van der Waals surface area contributed by atoms with Gasteiger partial charge in [-0.1, -0.05) is 30.3 Å². The van der Waals surface area contributed by atoms with E-state index in [1.807, 2.05) is 30.3 Å². The van der Waals surface area contributed by atoms with Gasteiger partial charge in [-0.3, -0.25) is 4.79 Å². The summed E-state index contributed by atoms with van der Waals surface area (Å²) in [4.78, 5) is 12.4. The van der Waals surface area contributed by atoms with Crippen LogP contribution in [0.5, 0.6) is 28.7 Å². The van der Waals surface area contributed by atoms with Gasteiger partial charge in [-0.2, -0.15) is 0 Å². The normalized spacial score (nSPS) is 14.0. The molecule has 4 rings (SSSR count). The van der Waals surface area contributed by atoms with Crippen LogP contribution in [0.2, 0.25) is 0 Å². The molecule has 0 radical (unpaired) electrons. The highest BCUT2D eigenvalue weighted by Gasteiger charge is 2.31. The smallest absolute Gasteiger partial charge is 0.232 e. The van der Waals surface area contributed by atoms with E-state index >= 15 is 0 Å². The largest absolute Gasteiger partial charge is 0.507 e. The maximum absolute atomic E-state index is 12.4. The van der Waals surface area contributed by atoms with Gasteiger partial charge in [0.2, 0.25) is 11.5 Å². The van der Waals surface area contributed by atoms with Crippen LogP contribution in [0.3, 0.4) is 0 Å².